The van der Waals surface area contributed by atoms with Crippen LogP contribution in [-0.4, -0.2) is 163 Å². The van der Waals surface area contributed by atoms with Gasteiger partial charge in [-0.15, -0.1) is 0 Å². The van der Waals surface area contributed by atoms with Gasteiger partial charge in [-0.1, -0.05) is 13.8 Å². The molecule has 0 radical (unpaired) electrons. The standard InChI is InChI=1S/C19H24FN3O.2C17H18F3N3O.2C17H20FN3O2/c1-19(2)7-5-12(6-8-19)16(24)9-14-18-13(3-4-17(20)22-18)15-10-21-11-23(14)15;2*18-15-2-1-11-13-8-21-9-23(13)12(16(11)22-15)7-14(24)10-3-5-17(19,20)6-4-10;2*18-16-6-5-12-14-8-19-9-21(14)13(17(12)20-16)7-15(23)10-1-3-11(22)4-2-10/h3-4,10-12,14,16,24H,5-9H2,1-2H3;2*1-2,8-10,12,14,24H,3-7H2;2*5-6,8-11,13,15,22-23H,1-4,7H2. The Hall–Kier alpha value is -9.11. The monoisotopic (exact) mass is 1640 g/mol. The number of hydrogen-bond acceptors (Lipinski definition) is 17. The number of pyridine rings is 5. The molecule has 10 unspecified atom stereocenters. The lowest BCUT2D eigenvalue weighted by Crippen LogP contribution is -2.32. The summed E-state index contributed by atoms with van der Waals surface area (Å²) in [5.74, 6) is -7.45. The van der Waals surface area contributed by atoms with E-state index in [1.165, 1.54) is 30.3 Å². The Morgan fingerprint density at radius 3 is 0.712 bits per heavy atom. The van der Waals surface area contributed by atoms with Crippen LogP contribution in [0, 0.1) is 64.7 Å². The van der Waals surface area contributed by atoms with Crippen LogP contribution in [0.3, 0.4) is 0 Å². The Labute approximate surface area is 676 Å². The minimum atomic E-state index is -2.61. The first-order valence-corrected chi connectivity index (χ1v) is 41.6. The third kappa shape index (κ3) is 17.5. The van der Waals surface area contributed by atoms with Crippen LogP contribution in [0.2, 0.25) is 0 Å². The lowest BCUT2D eigenvalue weighted by Gasteiger charge is -2.37. The quantitative estimate of drug-likeness (QED) is 0.0371. The van der Waals surface area contributed by atoms with E-state index >= 15 is 0 Å². The molecule has 5 aliphatic heterocycles. The van der Waals surface area contributed by atoms with E-state index in [4.69, 9.17) is 0 Å². The molecule has 5 saturated carbocycles. The van der Waals surface area contributed by atoms with Gasteiger partial charge in [-0.05, 0) is 198 Å². The molecule has 0 aromatic carbocycles. The molecule has 5 aliphatic carbocycles. The molecular formula is C87H100F9N15O7. The van der Waals surface area contributed by atoms with Crippen molar-refractivity contribution in [3.63, 3.8) is 0 Å². The Balaban J connectivity index is 0.000000110. The summed E-state index contributed by atoms with van der Waals surface area (Å²) in [5.41, 5.74) is 12.4. The SMILES string of the molecule is CC1(C)CCC(C(O)CC2c3nc(F)ccc3-c3cncn32)CC1.OC(CC1c2nc(F)ccc2-c2cncn21)C1CCC(F)(F)CC1.OC(CC1c2nc(F)ccc2-c2cncn21)C1CCC(F)(F)CC1.OC1CCC(C(O)CC2c3nc(F)ccc3-c3cncn32)CC1.OC1CCC(C(O)CC2c3nc(F)ccc3-c3cncn32)CC1. The van der Waals surface area contributed by atoms with E-state index in [1.54, 1.807) is 93.0 Å². The lowest BCUT2D eigenvalue weighted by molar-refractivity contribution is -0.0646. The summed E-state index contributed by atoms with van der Waals surface area (Å²) in [6.45, 7) is 4.60. The van der Waals surface area contributed by atoms with Crippen molar-refractivity contribution in [3.05, 3.63) is 181 Å². The number of rotatable bonds is 15. The van der Waals surface area contributed by atoms with Gasteiger partial charge in [0.15, 0.2) is 0 Å². The second kappa shape index (κ2) is 34.2. The number of halogens is 9. The molecule has 10 aromatic rings. The summed E-state index contributed by atoms with van der Waals surface area (Å²) in [4.78, 5) is 41.0. The van der Waals surface area contributed by atoms with E-state index in [-0.39, 0.29) is 91.8 Å². The third-order valence-corrected chi connectivity index (χ3v) is 26.9. The predicted molar refractivity (Wildman–Crippen MR) is 416 cm³/mol. The number of alkyl halides is 4. The maximum Gasteiger partial charge on any atom is 0.248 e. The minimum Gasteiger partial charge on any atom is -0.393 e. The average molecular weight is 1640 g/mol. The summed E-state index contributed by atoms with van der Waals surface area (Å²) in [7, 11) is 0. The maximum atomic E-state index is 13.6. The number of aliphatic hydroxyl groups excluding tert-OH is 7. The maximum absolute atomic E-state index is 13.6. The highest BCUT2D eigenvalue weighted by Crippen LogP contribution is 2.50. The first kappa shape index (κ1) is 82.6. The lowest BCUT2D eigenvalue weighted by atomic mass is 9.71. The number of aromatic nitrogens is 15. The van der Waals surface area contributed by atoms with Crippen LogP contribution in [0.1, 0.15) is 233 Å². The number of imidazole rings is 5. The largest absolute Gasteiger partial charge is 0.393 e. The van der Waals surface area contributed by atoms with E-state index in [1.807, 2.05) is 22.8 Å². The van der Waals surface area contributed by atoms with Crippen LogP contribution in [0.25, 0.3) is 56.3 Å². The topological polar surface area (TPSA) is 295 Å². The second-order valence-corrected chi connectivity index (χ2v) is 34.9. The van der Waals surface area contributed by atoms with Gasteiger partial charge in [0.1, 0.15) is 0 Å². The van der Waals surface area contributed by atoms with Gasteiger partial charge in [0.05, 0.1) is 192 Å². The van der Waals surface area contributed by atoms with Crippen LogP contribution < -0.4 is 0 Å². The van der Waals surface area contributed by atoms with Crippen molar-refractivity contribution in [2.75, 3.05) is 0 Å². The molecule has 0 spiro atoms. The summed E-state index contributed by atoms with van der Waals surface area (Å²) >= 11 is 0. The van der Waals surface area contributed by atoms with Crippen LogP contribution in [0.5, 0.6) is 0 Å². The Bertz CT molecular complexity index is 4700. The van der Waals surface area contributed by atoms with Gasteiger partial charge in [0, 0.05) is 85.6 Å². The van der Waals surface area contributed by atoms with E-state index in [2.05, 4.69) is 63.7 Å². The van der Waals surface area contributed by atoms with Crippen molar-refractivity contribution in [2.24, 2.45) is 35.0 Å². The highest BCUT2D eigenvalue weighted by molar-refractivity contribution is 5.70. The molecule has 118 heavy (non-hydrogen) atoms. The Kier molecular flexibility index (Phi) is 23.9. The van der Waals surface area contributed by atoms with E-state index in [0.29, 0.717) is 91.9 Å². The summed E-state index contributed by atoms with van der Waals surface area (Å²) in [6.07, 6.45) is 27.3. The fourth-order valence-electron chi connectivity index (χ4n) is 20.0. The number of fused-ring (bicyclic) bond motifs is 15. The molecule has 20 rings (SSSR count). The van der Waals surface area contributed by atoms with Gasteiger partial charge < -0.3 is 58.6 Å². The molecule has 10 aliphatic rings. The van der Waals surface area contributed by atoms with Crippen LogP contribution >= 0.6 is 0 Å². The van der Waals surface area contributed by atoms with Gasteiger partial charge in [0.2, 0.25) is 41.6 Å². The van der Waals surface area contributed by atoms with Crippen molar-refractivity contribution >= 4 is 0 Å². The molecule has 10 atom stereocenters. The van der Waals surface area contributed by atoms with Gasteiger partial charge in [-0.2, -0.15) is 22.0 Å². The van der Waals surface area contributed by atoms with Crippen LogP contribution in [0.4, 0.5) is 39.5 Å². The molecule has 0 amide bonds. The Morgan fingerprint density at radius 2 is 0.500 bits per heavy atom. The molecule has 7 N–H and O–H groups in total. The van der Waals surface area contributed by atoms with E-state index in [0.717, 1.165) is 139 Å². The molecule has 628 valence electrons. The summed E-state index contributed by atoms with van der Waals surface area (Å²) in [5, 5.41) is 72.4. The number of nitrogens with zero attached hydrogens (tertiary/aromatic N) is 15. The van der Waals surface area contributed by atoms with Crippen LogP contribution in [0.15, 0.2) is 123 Å². The fraction of sp³-hybridized carbons (Fsp3) is 0.540. The van der Waals surface area contributed by atoms with Gasteiger partial charge in [-0.3, -0.25) is 0 Å². The Morgan fingerprint density at radius 1 is 0.305 bits per heavy atom. The zero-order valence-corrected chi connectivity index (χ0v) is 65.8. The molecule has 22 nitrogen and oxygen atoms in total. The van der Waals surface area contributed by atoms with Crippen LogP contribution in [-0.2, 0) is 0 Å². The smallest absolute Gasteiger partial charge is 0.248 e. The minimum absolute atomic E-state index is 0.127. The van der Waals surface area contributed by atoms with E-state index in [9.17, 15) is 75.3 Å². The number of aliphatic hydroxyl groups is 7. The molecule has 31 heteroatoms. The highest BCUT2D eigenvalue weighted by atomic mass is 19.3. The molecule has 10 aromatic heterocycles. The first-order chi connectivity index (χ1) is 56.6. The van der Waals surface area contributed by atoms with Crippen molar-refractivity contribution in [1.29, 1.82) is 0 Å². The van der Waals surface area contributed by atoms with Crippen molar-refractivity contribution in [1.82, 2.24) is 72.7 Å². The average Bonchev–Trinajstić information content (AvgIpc) is 1.63. The van der Waals surface area contributed by atoms with Crippen molar-refractivity contribution in [2.45, 2.75) is 259 Å². The molecular weight excluding hydrogens is 1540 g/mol. The molecule has 0 saturated heterocycles. The normalized spacial score (nSPS) is 25.2. The van der Waals surface area contributed by atoms with E-state index < -0.39 is 72.1 Å². The van der Waals surface area contributed by atoms with Crippen molar-refractivity contribution in [3.8, 4) is 56.3 Å². The predicted octanol–water partition coefficient (Wildman–Crippen LogP) is 15.7. The fourth-order valence-corrected chi connectivity index (χ4v) is 20.0. The van der Waals surface area contributed by atoms with Crippen molar-refractivity contribution < 1.29 is 75.3 Å². The third-order valence-electron chi connectivity index (χ3n) is 26.9. The number of hydrogen-bond donors (Lipinski definition) is 7. The zero-order valence-electron chi connectivity index (χ0n) is 65.8. The van der Waals surface area contributed by atoms with Gasteiger partial charge in [0.25, 0.3) is 0 Å². The van der Waals surface area contributed by atoms with Gasteiger partial charge >= 0.3 is 0 Å². The molecule has 15 heterocycles. The zero-order chi connectivity index (χ0) is 82.6. The molecule has 0 bridgehead atoms. The summed E-state index contributed by atoms with van der Waals surface area (Å²) in [6, 6.07) is 14.2. The second-order valence-electron chi connectivity index (χ2n) is 34.9. The summed E-state index contributed by atoms with van der Waals surface area (Å²) < 4.78 is 131. The molecule has 5 fully saturated rings. The van der Waals surface area contributed by atoms with Gasteiger partial charge in [-0.25, -0.2) is 67.4 Å². The highest BCUT2D eigenvalue weighted by Gasteiger charge is 2.45. The first-order valence-electron chi connectivity index (χ1n) is 41.6.